The molecule has 24 heavy (non-hydrogen) atoms. The summed E-state index contributed by atoms with van der Waals surface area (Å²) in [5, 5.41) is 3.92. The molecule has 1 aliphatic heterocycles. The number of morpholine rings is 1. The normalized spacial score (nSPS) is 14.5. The molecule has 0 bridgehead atoms. The summed E-state index contributed by atoms with van der Waals surface area (Å²) in [6.45, 7) is 2.88. The van der Waals surface area contributed by atoms with E-state index in [1.54, 1.807) is 18.2 Å². The highest BCUT2D eigenvalue weighted by molar-refractivity contribution is 14.1. The molecule has 1 heterocycles. The van der Waals surface area contributed by atoms with E-state index in [0.29, 0.717) is 34.5 Å². The Kier molecular flexibility index (Phi) is 5.86. The molecule has 1 saturated heterocycles. The molecule has 1 N–H and O–H groups in total. The summed E-state index contributed by atoms with van der Waals surface area (Å²) in [6.07, 6.45) is 0. The lowest BCUT2D eigenvalue weighted by molar-refractivity contribution is 0.102. The van der Waals surface area contributed by atoms with Crippen molar-refractivity contribution >= 4 is 63.1 Å². The zero-order valence-electron chi connectivity index (χ0n) is 12.7. The predicted octanol–water partition coefficient (Wildman–Crippen LogP) is 4.69. The lowest BCUT2D eigenvalue weighted by atomic mass is 10.2. The highest BCUT2D eigenvalue weighted by Crippen LogP contribution is 2.31. The van der Waals surface area contributed by atoms with Crippen molar-refractivity contribution in [3.05, 3.63) is 55.6 Å². The molecule has 126 valence electrons. The molecule has 0 spiro atoms. The third-order valence-electron chi connectivity index (χ3n) is 3.73. The second-order valence-corrected chi connectivity index (χ2v) is 7.43. The summed E-state index contributed by atoms with van der Waals surface area (Å²) in [5.41, 5.74) is 2.04. The fraction of sp³-hybridized carbons (Fsp3) is 0.235. The van der Waals surface area contributed by atoms with Gasteiger partial charge >= 0.3 is 0 Å². The molecule has 1 amide bonds. The molecule has 0 saturated carbocycles. The minimum Gasteiger partial charge on any atom is -0.378 e. The van der Waals surface area contributed by atoms with E-state index in [9.17, 15) is 4.79 Å². The van der Waals surface area contributed by atoms with E-state index in [-0.39, 0.29) is 5.91 Å². The summed E-state index contributed by atoms with van der Waals surface area (Å²) >= 11 is 14.4. The highest BCUT2D eigenvalue weighted by Gasteiger charge is 2.18. The molecule has 2 aromatic carbocycles. The van der Waals surface area contributed by atoms with Crippen molar-refractivity contribution in [1.29, 1.82) is 0 Å². The van der Waals surface area contributed by atoms with E-state index in [1.165, 1.54) is 0 Å². The standard InChI is InChI=1S/C17H15Cl2IN2O2/c18-11-1-4-16(22-5-7-24-8-6-22)15(9-11)21-17(23)13-10-12(20)2-3-14(13)19/h1-4,9-10H,5-8H2,(H,21,23). The van der Waals surface area contributed by atoms with Crippen LogP contribution in [0.15, 0.2) is 36.4 Å². The van der Waals surface area contributed by atoms with Crippen molar-refractivity contribution in [1.82, 2.24) is 0 Å². The maximum absolute atomic E-state index is 12.6. The number of hydrogen-bond acceptors (Lipinski definition) is 3. The first-order valence-electron chi connectivity index (χ1n) is 7.43. The SMILES string of the molecule is O=C(Nc1cc(Cl)ccc1N1CCOCC1)c1cc(I)ccc1Cl. The van der Waals surface area contributed by atoms with E-state index in [2.05, 4.69) is 32.8 Å². The number of anilines is 2. The highest BCUT2D eigenvalue weighted by atomic mass is 127. The van der Waals surface area contributed by atoms with Crippen LogP contribution in [0.1, 0.15) is 10.4 Å². The van der Waals surface area contributed by atoms with Crippen LogP contribution in [0.2, 0.25) is 10.0 Å². The molecule has 0 radical (unpaired) electrons. The topological polar surface area (TPSA) is 41.6 Å². The van der Waals surface area contributed by atoms with E-state index in [4.69, 9.17) is 27.9 Å². The molecule has 3 rings (SSSR count). The molecule has 1 fully saturated rings. The molecule has 2 aromatic rings. The number of hydrogen-bond donors (Lipinski definition) is 1. The maximum atomic E-state index is 12.6. The number of amides is 1. The van der Waals surface area contributed by atoms with Gasteiger partial charge in [-0.05, 0) is 59.0 Å². The lowest BCUT2D eigenvalue weighted by Crippen LogP contribution is -2.36. The first kappa shape index (κ1) is 17.8. The summed E-state index contributed by atoms with van der Waals surface area (Å²) in [4.78, 5) is 14.8. The smallest absolute Gasteiger partial charge is 0.257 e. The number of nitrogens with one attached hydrogen (secondary N) is 1. The quantitative estimate of drug-likeness (QED) is 0.653. The Hall–Kier alpha value is -1.02. The van der Waals surface area contributed by atoms with Crippen molar-refractivity contribution in [3.8, 4) is 0 Å². The number of benzene rings is 2. The van der Waals surface area contributed by atoms with Gasteiger partial charge in [-0.1, -0.05) is 23.2 Å². The Morgan fingerprint density at radius 2 is 1.88 bits per heavy atom. The van der Waals surface area contributed by atoms with Crippen LogP contribution in [0.3, 0.4) is 0 Å². The number of nitrogens with zero attached hydrogens (tertiary/aromatic N) is 1. The first-order chi connectivity index (χ1) is 11.5. The second-order valence-electron chi connectivity index (χ2n) is 5.34. The zero-order valence-corrected chi connectivity index (χ0v) is 16.4. The van der Waals surface area contributed by atoms with Crippen LogP contribution in [0, 0.1) is 3.57 Å². The third kappa shape index (κ3) is 4.14. The van der Waals surface area contributed by atoms with Crippen LogP contribution in [-0.2, 0) is 4.74 Å². The Labute approximate surface area is 164 Å². The molecular weight excluding hydrogens is 462 g/mol. The number of rotatable bonds is 3. The van der Waals surface area contributed by atoms with Crippen LogP contribution in [0.4, 0.5) is 11.4 Å². The van der Waals surface area contributed by atoms with Gasteiger partial charge in [0.05, 0.1) is 35.2 Å². The molecular formula is C17H15Cl2IN2O2. The van der Waals surface area contributed by atoms with Gasteiger partial charge in [0.25, 0.3) is 5.91 Å². The number of carbonyl (C=O) groups excluding carboxylic acids is 1. The molecule has 0 aromatic heterocycles. The van der Waals surface area contributed by atoms with Crippen molar-refractivity contribution in [2.24, 2.45) is 0 Å². The van der Waals surface area contributed by atoms with Crippen LogP contribution in [-0.4, -0.2) is 32.2 Å². The summed E-state index contributed by atoms with van der Waals surface area (Å²) in [5.74, 6) is -0.254. The number of halogens is 3. The molecule has 0 atom stereocenters. The van der Waals surface area contributed by atoms with Crippen molar-refractivity contribution in [2.75, 3.05) is 36.5 Å². The van der Waals surface area contributed by atoms with Gasteiger partial charge in [0.2, 0.25) is 0 Å². The van der Waals surface area contributed by atoms with Gasteiger partial charge in [-0.15, -0.1) is 0 Å². The monoisotopic (exact) mass is 476 g/mol. The fourth-order valence-corrected chi connectivity index (χ4v) is 3.42. The summed E-state index contributed by atoms with van der Waals surface area (Å²) in [6, 6.07) is 10.8. The van der Waals surface area contributed by atoms with Crippen molar-refractivity contribution in [3.63, 3.8) is 0 Å². The van der Waals surface area contributed by atoms with Crippen LogP contribution >= 0.6 is 45.8 Å². The van der Waals surface area contributed by atoms with Gasteiger partial charge in [-0.3, -0.25) is 4.79 Å². The van der Waals surface area contributed by atoms with Gasteiger partial charge in [-0.25, -0.2) is 0 Å². The van der Waals surface area contributed by atoms with Crippen molar-refractivity contribution in [2.45, 2.75) is 0 Å². The largest absolute Gasteiger partial charge is 0.378 e. The molecule has 7 heteroatoms. The Bertz CT molecular complexity index is 764. The Morgan fingerprint density at radius 3 is 2.62 bits per heavy atom. The fourth-order valence-electron chi connectivity index (χ4n) is 2.55. The number of ether oxygens (including phenoxy) is 1. The zero-order chi connectivity index (χ0) is 17.1. The lowest BCUT2D eigenvalue weighted by Gasteiger charge is -2.30. The molecule has 1 aliphatic rings. The van der Waals surface area contributed by atoms with E-state index in [0.717, 1.165) is 22.3 Å². The van der Waals surface area contributed by atoms with Crippen LogP contribution in [0.5, 0.6) is 0 Å². The second kappa shape index (κ2) is 7.91. The molecule has 0 unspecified atom stereocenters. The summed E-state index contributed by atoms with van der Waals surface area (Å²) in [7, 11) is 0. The van der Waals surface area contributed by atoms with Crippen LogP contribution in [0.25, 0.3) is 0 Å². The molecule has 0 aliphatic carbocycles. The summed E-state index contributed by atoms with van der Waals surface area (Å²) < 4.78 is 6.34. The van der Waals surface area contributed by atoms with Gasteiger partial charge in [0.1, 0.15) is 0 Å². The van der Waals surface area contributed by atoms with E-state index < -0.39 is 0 Å². The minimum absolute atomic E-state index is 0.254. The number of carbonyl (C=O) groups is 1. The van der Waals surface area contributed by atoms with Crippen molar-refractivity contribution < 1.29 is 9.53 Å². The van der Waals surface area contributed by atoms with Gasteiger partial charge in [0, 0.05) is 21.7 Å². The van der Waals surface area contributed by atoms with Gasteiger partial charge in [-0.2, -0.15) is 0 Å². The Morgan fingerprint density at radius 1 is 1.12 bits per heavy atom. The third-order valence-corrected chi connectivity index (χ3v) is 4.97. The van der Waals surface area contributed by atoms with E-state index in [1.807, 2.05) is 18.2 Å². The maximum Gasteiger partial charge on any atom is 0.257 e. The van der Waals surface area contributed by atoms with Crippen LogP contribution < -0.4 is 10.2 Å². The minimum atomic E-state index is -0.254. The average molecular weight is 477 g/mol. The van der Waals surface area contributed by atoms with Gasteiger partial charge < -0.3 is 15.0 Å². The average Bonchev–Trinajstić information content (AvgIpc) is 2.58. The first-order valence-corrected chi connectivity index (χ1v) is 9.27. The predicted molar refractivity (Wildman–Crippen MR) is 107 cm³/mol. The Balaban J connectivity index is 1.89. The van der Waals surface area contributed by atoms with E-state index >= 15 is 0 Å². The van der Waals surface area contributed by atoms with Gasteiger partial charge in [0.15, 0.2) is 0 Å². The molecule has 4 nitrogen and oxygen atoms in total.